The minimum atomic E-state index is 0.688. The van der Waals surface area contributed by atoms with Crippen molar-refractivity contribution in [2.75, 3.05) is 13.1 Å². The van der Waals surface area contributed by atoms with Gasteiger partial charge in [-0.2, -0.15) is 0 Å². The smallest absolute Gasteiger partial charge is 0.00465 e. The molecule has 0 saturated carbocycles. The summed E-state index contributed by atoms with van der Waals surface area (Å²) in [5, 5.41) is 3.40. The van der Waals surface area contributed by atoms with Gasteiger partial charge >= 0.3 is 0 Å². The van der Waals surface area contributed by atoms with Crippen molar-refractivity contribution in [3.8, 4) is 0 Å². The highest BCUT2D eigenvalue weighted by atomic mass is 14.8. The molecule has 108 valence electrons. The van der Waals surface area contributed by atoms with Crippen molar-refractivity contribution in [3.05, 3.63) is 35.4 Å². The van der Waals surface area contributed by atoms with Gasteiger partial charge in [0.15, 0.2) is 0 Å². The summed E-state index contributed by atoms with van der Waals surface area (Å²) in [4.78, 5) is 0. The van der Waals surface area contributed by atoms with Crippen LogP contribution in [0.1, 0.15) is 64.0 Å². The van der Waals surface area contributed by atoms with Crippen molar-refractivity contribution >= 4 is 0 Å². The summed E-state index contributed by atoms with van der Waals surface area (Å²) in [5.74, 6) is 1.50. The molecule has 1 aromatic carbocycles. The fourth-order valence-corrected chi connectivity index (χ4v) is 2.33. The number of hydrogen-bond donors (Lipinski definition) is 1. The summed E-state index contributed by atoms with van der Waals surface area (Å²) in [5.41, 5.74) is 2.97. The Kier molecular flexibility index (Phi) is 7.81. The van der Waals surface area contributed by atoms with Crippen molar-refractivity contribution in [1.29, 1.82) is 0 Å². The molecular formula is C18H31N. The molecular weight excluding hydrogens is 230 g/mol. The fourth-order valence-electron chi connectivity index (χ4n) is 2.33. The molecule has 0 saturated heterocycles. The van der Waals surface area contributed by atoms with E-state index in [2.05, 4.69) is 57.3 Å². The average Bonchev–Trinajstić information content (AvgIpc) is 2.45. The molecule has 0 radical (unpaired) electrons. The molecule has 0 fully saturated rings. The molecule has 0 aliphatic carbocycles. The molecule has 0 aliphatic heterocycles. The highest BCUT2D eigenvalue weighted by Gasteiger charge is 2.05. The molecule has 0 bridgehead atoms. The second-order valence-electron chi connectivity index (χ2n) is 5.84. The van der Waals surface area contributed by atoms with Gasteiger partial charge in [-0.05, 0) is 61.7 Å². The van der Waals surface area contributed by atoms with E-state index >= 15 is 0 Å². The van der Waals surface area contributed by atoms with Crippen LogP contribution in [0.15, 0.2) is 24.3 Å². The standard InChI is InChI=1S/C18H31N/c1-5-16(4)18-11-9-17(10-12-18)8-7-15(3)13-14-19-6-2/h9-12,15-16,19H,5-8,13-14H2,1-4H3. The van der Waals surface area contributed by atoms with Crippen LogP contribution in [0.2, 0.25) is 0 Å². The van der Waals surface area contributed by atoms with Crippen LogP contribution in [0.5, 0.6) is 0 Å². The Morgan fingerprint density at radius 1 is 1.00 bits per heavy atom. The van der Waals surface area contributed by atoms with E-state index in [9.17, 15) is 0 Å². The zero-order valence-electron chi connectivity index (χ0n) is 13.2. The summed E-state index contributed by atoms with van der Waals surface area (Å²) in [6, 6.07) is 9.26. The van der Waals surface area contributed by atoms with Gasteiger partial charge < -0.3 is 5.32 Å². The Labute approximate surface area is 119 Å². The highest BCUT2D eigenvalue weighted by Crippen LogP contribution is 2.20. The summed E-state index contributed by atoms with van der Waals surface area (Å²) in [6.07, 6.45) is 5.03. The van der Waals surface area contributed by atoms with E-state index < -0.39 is 0 Å². The van der Waals surface area contributed by atoms with Crippen molar-refractivity contribution in [2.45, 2.75) is 59.3 Å². The van der Waals surface area contributed by atoms with E-state index in [4.69, 9.17) is 0 Å². The maximum absolute atomic E-state index is 3.40. The lowest BCUT2D eigenvalue weighted by molar-refractivity contribution is 0.474. The van der Waals surface area contributed by atoms with Gasteiger partial charge in [0, 0.05) is 0 Å². The monoisotopic (exact) mass is 261 g/mol. The first kappa shape index (κ1) is 16.2. The minimum Gasteiger partial charge on any atom is -0.317 e. The number of hydrogen-bond acceptors (Lipinski definition) is 1. The Hall–Kier alpha value is -0.820. The topological polar surface area (TPSA) is 12.0 Å². The minimum absolute atomic E-state index is 0.688. The number of aryl methyl sites for hydroxylation is 1. The molecule has 2 unspecified atom stereocenters. The van der Waals surface area contributed by atoms with Gasteiger partial charge in [-0.3, -0.25) is 0 Å². The van der Waals surface area contributed by atoms with Gasteiger partial charge in [0.2, 0.25) is 0 Å². The van der Waals surface area contributed by atoms with Crippen LogP contribution in [0.3, 0.4) is 0 Å². The number of rotatable bonds is 9. The van der Waals surface area contributed by atoms with Gasteiger partial charge in [-0.25, -0.2) is 0 Å². The first-order valence-electron chi connectivity index (χ1n) is 7.96. The van der Waals surface area contributed by atoms with Gasteiger partial charge in [0.25, 0.3) is 0 Å². The van der Waals surface area contributed by atoms with Crippen LogP contribution >= 0.6 is 0 Å². The maximum atomic E-state index is 3.40. The molecule has 0 spiro atoms. The highest BCUT2D eigenvalue weighted by molar-refractivity contribution is 5.25. The quantitative estimate of drug-likeness (QED) is 0.631. The normalized spacial score (nSPS) is 14.3. The zero-order chi connectivity index (χ0) is 14.1. The molecule has 0 aliphatic rings. The Balaban J connectivity index is 2.33. The second-order valence-corrected chi connectivity index (χ2v) is 5.84. The lowest BCUT2D eigenvalue weighted by atomic mass is 9.94. The molecule has 1 N–H and O–H groups in total. The van der Waals surface area contributed by atoms with Crippen LogP contribution in [0.4, 0.5) is 0 Å². The summed E-state index contributed by atoms with van der Waals surface area (Å²) < 4.78 is 0. The number of benzene rings is 1. The van der Waals surface area contributed by atoms with E-state index in [1.165, 1.54) is 36.8 Å². The lowest BCUT2D eigenvalue weighted by Gasteiger charge is -2.13. The summed E-state index contributed by atoms with van der Waals surface area (Å²) in [6.45, 7) is 11.3. The largest absolute Gasteiger partial charge is 0.317 e. The third-order valence-corrected chi connectivity index (χ3v) is 4.15. The third kappa shape index (κ3) is 6.24. The molecule has 0 aromatic heterocycles. The van der Waals surface area contributed by atoms with E-state index in [0.29, 0.717) is 5.92 Å². The first-order valence-corrected chi connectivity index (χ1v) is 7.96. The van der Waals surface area contributed by atoms with Crippen LogP contribution < -0.4 is 5.32 Å². The molecule has 19 heavy (non-hydrogen) atoms. The molecule has 1 nitrogen and oxygen atoms in total. The van der Waals surface area contributed by atoms with E-state index in [0.717, 1.165) is 19.0 Å². The Bertz CT molecular complexity index is 328. The van der Waals surface area contributed by atoms with Crippen molar-refractivity contribution < 1.29 is 0 Å². The fraction of sp³-hybridized carbons (Fsp3) is 0.667. The van der Waals surface area contributed by atoms with Crippen LogP contribution in [0, 0.1) is 5.92 Å². The van der Waals surface area contributed by atoms with E-state index in [1.54, 1.807) is 0 Å². The van der Waals surface area contributed by atoms with Crippen molar-refractivity contribution in [1.82, 2.24) is 5.32 Å². The Morgan fingerprint density at radius 2 is 1.68 bits per heavy atom. The third-order valence-electron chi connectivity index (χ3n) is 4.15. The summed E-state index contributed by atoms with van der Waals surface area (Å²) >= 11 is 0. The van der Waals surface area contributed by atoms with E-state index in [-0.39, 0.29) is 0 Å². The molecule has 1 aromatic rings. The maximum Gasteiger partial charge on any atom is -0.00465 e. The summed E-state index contributed by atoms with van der Waals surface area (Å²) in [7, 11) is 0. The average molecular weight is 261 g/mol. The van der Waals surface area contributed by atoms with Gasteiger partial charge in [0.1, 0.15) is 0 Å². The van der Waals surface area contributed by atoms with Gasteiger partial charge in [0.05, 0.1) is 0 Å². The Morgan fingerprint density at radius 3 is 2.26 bits per heavy atom. The predicted molar refractivity (Wildman–Crippen MR) is 85.8 cm³/mol. The zero-order valence-corrected chi connectivity index (χ0v) is 13.2. The molecule has 0 heterocycles. The lowest BCUT2D eigenvalue weighted by Crippen LogP contribution is -2.16. The molecule has 1 heteroatoms. The number of nitrogens with one attached hydrogen (secondary N) is 1. The van der Waals surface area contributed by atoms with Gasteiger partial charge in [-0.1, -0.05) is 52.0 Å². The van der Waals surface area contributed by atoms with Crippen molar-refractivity contribution in [3.63, 3.8) is 0 Å². The van der Waals surface area contributed by atoms with E-state index in [1.807, 2.05) is 0 Å². The van der Waals surface area contributed by atoms with Crippen LogP contribution in [-0.2, 0) is 6.42 Å². The SMILES string of the molecule is CCNCCC(C)CCc1ccc(C(C)CC)cc1. The van der Waals surface area contributed by atoms with Crippen molar-refractivity contribution in [2.24, 2.45) is 5.92 Å². The van der Waals surface area contributed by atoms with Crippen LogP contribution in [-0.4, -0.2) is 13.1 Å². The second kappa shape index (κ2) is 9.14. The van der Waals surface area contributed by atoms with Crippen LogP contribution in [0.25, 0.3) is 0 Å². The molecule has 1 rings (SSSR count). The molecule has 0 amide bonds. The predicted octanol–water partition coefficient (Wildman–Crippen LogP) is 4.77. The van der Waals surface area contributed by atoms with Gasteiger partial charge in [-0.15, -0.1) is 0 Å². The first-order chi connectivity index (χ1) is 9.17. The molecule has 2 atom stereocenters.